The van der Waals surface area contributed by atoms with E-state index in [0.29, 0.717) is 21.5 Å². The van der Waals surface area contributed by atoms with Crippen LogP contribution < -0.4 is 10.5 Å². The van der Waals surface area contributed by atoms with Gasteiger partial charge in [-0.3, -0.25) is 0 Å². The number of hydrogen-bond acceptors (Lipinski definition) is 2. The van der Waals surface area contributed by atoms with E-state index in [1.54, 1.807) is 18.2 Å². The van der Waals surface area contributed by atoms with Gasteiger partial charge in [0.2, 0.25) is 0 Å². The van der Waals surface area contributed by atoms with E-state index >= 15 is 0 Å². The molecule has 2 rings (SSSR count). The van der Waals surface area contributed by atoms with Crippen LogP contribution in [0.15, 0.2) is 42.5 Å². The predicted octanol–water partition coefficient (Wildman–Crippen LogP) is 4.81. The van der Waals surface area contributed by atoms with Crippen molar-refractivity contribution < 1.29 is 4.74 Å². The molecular formula is C14H13Cl2NO. The van der Waals surface area contributed by atoms with E-state index in [1.165, 1.54) is 0 Å². The van der Waals surface area contributed by atoms with Crippen molar-refractivity contribution in [2.45, 2.75) is 13.0 Å². The fourth-order valence-electron chi connectivity index (χ4n) is 1.52. The largest absolute Gasteiger partial charge is 0.456 e. The van der Waals surface area contributed by atoms with Crippen molar-refractivity contribution in [3.8, 4) is 11.5 Å². The molecule has 0 aliphatic heterocycles. The van der Waals surface area contributed by atoms with Gasteiger partial charge in [0, 0.05) is 17.1 Å². The first-order chi connectivity index (χ1) is 8.56. The normalized spacial score (nSPS) is 12.2. The van der Waals surface area contributed by atoms with Crippen molar-refractivity contribution in [2.24, 2.45) is 5.73 Å². The Morgan fingerprint density at radius 1 is 1.06 bits per heavy atom. The van der Waals surface area contributed by atoms with Crippen molar-refractivity contribution in [1.29, 1.82) is 0 Å². The zero-order valence-electron chi connectivity index (χ0n) is 9.86. The monoisotopic (exact) mass is 281 g/mol. The molecule has 0 aliphatic rings. The summed E-state index contributed by atoms with van der Waals surface area (Å²) < 4.78 is 5.67. The molecule has 0 saturated heterocycles. The average molecular weight is 282 g/mol. The SMILES string of the molecule is CC(N)c1ccc(Oc2cc(Cl)ccc2Cl)cc1. The van der Waals surface area contributed by atoms with Gasteiger partial charge in [-0.2, -0.15) is 0 Å². The van der Waals surface area contributed by atoms with E-state index in [9.17, 15) is 0 Å². The van der Waals surface area contributed by atoms with E-state index in [4.69, 9.17) is 33.7 Å². The van der Waals surface area contributed by atoms with Crippen LogP contribution in [0.3, 0.4) is 0 Å². The quantitative estimate of drug-likeness (QED) is 0.877. The van der Waals surface area contributed by atoms with Gasteiger partial charge >= 0.3 is 0 Å². The molecule has 2 aromatic rings. The third-order valence-electron chi connectivity index (χ3n) is 2.53. The number of ether oxygens (including phenoxy) is 1. The second-order valence-electron chi connectivity index (χ2n) is 4.03. The molecule has 0 fully saturated rings. The number of halogens is 2. The molecule has 0 spiro atoms. The fraction of sp³-hybridized carbons (Fsp3) is 0.143. The molecule has 1 unspecified atom stereocenters. The molecule has 94 valence electrons. The van der Waals surface area contributed by atoms with E-state index in [0.717, 1.165) is 5.56 Å². The lowest BCUT2D eigenvalue weighted by molar-refractivity contribution is 0.482. The van der Waals surface area contributed by atoms with Crippen LogP contribution in [0.5, 0.6) is 11.5 Å². The minimum atomic E-state index is 0.00816. The number of hydrogen-bond donors (Lipinski definition) is 1. The summed E-state index contributed by atoms with van der Waals surface area (Å²) >= 11 is 11.9. The Bertz CT molecular complexity index is 538. The number of nitrogens with two attached hydrogens (primary N) is 1. The highest BCUT2D eigenvalue weighted by atomic mass is 35.5. The van der Waals surface area contributed by atoms with Crippen LogP contribution in [0.4, 0.5) is 0 Å². The highest BCUT2D eigenvalue weighted by molar-refractivity contribution is 6.34. The zero-order chi connectivity index (χ0) is 13.1. The van der Waals surface area contributed by atoms with E-state index in [-0.39, 0.29) is 6.04 Å². The molecular weight excluding hydrogens is 269 g/mol. The summed E-state index contributed by atoms with van der Waals surface area (Å²) in [5, 5.41) is 1.11. The molecule has 0 heterocycles. The summed E-state index contributed by atoms with van der Waals surface area (Å²) in [5.74, 6) is 1.24. The summed E-state index contributed by atoms with van der Waals surface area (Å²) in [6.45, 7) is 1.93. The summed E-state index contributed by atoms with van der Waals surface area (Å²) in [6, 6.07) is 12.7. The van der Waals surface area contributed by atoms with Crippen molar-refractivity contribution in [3.63, 3.8) is 0 Å². The van der Waals surface area contributed by atoms with Crippen molar-refractivity contribution in [1.82, 2.24) is 0 Å². The Morgan fingerprint density at radius 2 is 1.72 bits per heavy atom. The van der Waals surface area contributed by atoms with Gasteiger partial charge in [-0.15, -0.1) is 0 Å². The average Bonchev–Trinajstić information content (AvgIpc) is 2.34. The maximum absolute atomic E-state index is 6.02. The molecule has 4 heteroatoms. The van der Waals surface area contributed by atoms with Crippen molar-refractivity contribution in [2.75, 3.05) is 0 Å². The van der Waals surface area contributed by atoms with Gasteiger partial charge in [-0.05, 0) is 36.8 Å². The van der Waals surface area contributed by atoms with Crippen LogP contribution >= 0.6 is 23.2 Å². The second-order valence-corrected chi connectivity index (χ2v) is 4.88. The van der Waals surface area contributed by atoms with Gasteiger partial charge in [0.05, 0.1) is 5.02 Å². The molecule has 0 bridgehead atoms. The van der Waals surface area contributed by atoms with Gasteiger partial charge in [0.15, 0.2) is 0 Å². The molecule has 0 aromatic heterocycles. The second kappa shape index (κ2) is 5.61. The zero-order valence-corrected chi connectivity index (χ0v) is 11.4. The molecule has 2 aromatic carbocycles. The summed E-state index contributed by atoms with van der Waals surface area (Å²) in [7, 11) is 0. The smallest absolute Gasteiger partial charge is 0.147 e. The Hall–Kier alpha value is -1.22. The lowest BCUT2D eigenvalue weighted by Crippen LogP contribution is -2.04. The van der Waals surface area contributed by atoms with Crippen LogP contribution in [0, 0.1) is 0 Å². The first-order valence-electron chi connectivity index (χ1n) is 5.54. The summed E-state index contributed by atoms with van der Waals surface area (Å²) in [5.41, 5.74) is 6.84. The standard InChI is InChI=1S/C14H13Cl2NO/c1-9(17)10-2-5-12(6-3-10)18-14-8-11(15)4-7-13(14)16/h2-9H,17H2,1H3. The maximum Gasteiger partial charge on any atom is 0.147 e. The minimum Gasteiger partial charge on any atom is -0.456 e. The lowest BCUT2D eigenvalue weighted by atomic mass is 10.1. The van der Waals surface area contributed by atoms with Crippen LogP contribution in [-0.2, 0) is 0 Å². The van der Waals surface area contributed by atoms with Crippen molar-refractivity contribution in [3.05, 3.63) is 58.1 Å². The topological polar surface area (TPSA) is 35.2 Å². The Kier molecular flexibility index (Phi) is 4.12. The molecule has 0 radical (unpaired) electrons. The van der Waals surface area contributed by atoms with Gasteiger partial charge in [0.25, 0.3) is 0 Å². The van der Waals surface area contributed by atoms with Crippen LogP contribution in [0.25, 0.3) is 0 Å². The number of benzene rings is 2. The van der Waals surface area contributed by atoms with Gasteiger partial charge in [-0.25, -0.2) is 0 Å². The van der Waals surface area contributed by atoms with Crippen LogP contribution in [-0.4, -0.2) is 0 Å². The molecule has 18 heavy (non-hydrogen) atoms. The first kappa shape index (κ1) is 13.2. The van der Waals surface area contributed by atoms with Gasteiger partial charge in [-0.1, -0.05) is 35.3 Å². The molecule has 2 nitrogen and oxygen atoms in total. The Balaban J connectivity index is 2.21. The molecule has 0 saturated carbocycles. The van der Waals surface area contributed by atoms with E-state index < -0.39 is 0 Å². The lowest BCUT2D eigenvalue weighted by Gasteiger charge is -2.10. The molecule has 2 N–H and O–H groups in total. The minimum absolute atomic E-state index is 0.00816. The van der Waals surface area contributed by atoms with E-state index in [2.05, 4.69) is 0 Å². The van der Waals surface area contributed by atoms with E-state index in [1.807, 2.05) is 31.2 Å². The van der Waals surface area contributed by atoms with Gasteiger partial charge in [0.1, 0.15) is 11.5 Å². The maximum atomic E-state index is 6.02. The Morgan fingerprint density at radius 3 is 2.33 bits per heavy atom. The third kappa shape index (κ3) is 3.16. The van der Waals surface area contributed by atoms with Crippen LogP contribution in [0.2, 0.25) is 10.0 Å². The predicted molar refractivity (Wildman–Crippen MR) is 75.6 cm³/mol. The molecule has 0 amide bonds. The number of rotatable bonds is 3. The molecule has 1 atom stereocenters. The van der Waals surface area contributed by atoms with Crippen LogP contribution in [0.1, 0.15) is 18.5 Å². The van der Waals surface area contributed by atoms with Crippen molar-refractivity contribution >= 4 is 23.2 Å². The van der Waals surface area contributed by atoms with Gasteiger partial charge < -0.3 is 10.5 Å². The highest BCUT2D eigenvalue weighted by Crippen LogP contribution is 2.32. The first-order valence-corrected chi connectivity index (χ1v) is 6.30. The fourth-order valence-corrected chi connectivity index (χ4v) is 1.84. The summed E-state index contributed by atoms with van der Waals surface area (Å²) in [4.78, 5) is 0. The summed E-state index contributed by atoms with van der Waals surface area (Å²) in [6.07, 6.45) is 0. The molecule has 0 aliphatic carbocycles. The Labute approximate surface area is 116 Å². The highest BCUT2D eigenvalue weighted by Gasteiger charge is 2.05. The third-order valence-corrected chi connectivity index (χ3v) is 3.07.